The predicted octanol–water partition coefficient (Wildman–Crippen LogP) is 1.87. The molecule has 4 nitrogen and oxygen atoms in total. The zero-order valence-corrected chi connectivity index (χ0v) is 13.6. The molecular weight excluding hydrogens is 308 g/mol. The minimum absolute atomic E-state index is 0.308. The van der Waals surface area contributed by atoms with Crippen molar-refractivity contribution in [2.75, 3.05) is 27.2 Å². The summed E-state index contributed by atoms with van der Waals surface area (Å²) in [5.74, 6) is 0.308. The Kier molecular flexibility index (Phi) is 5.80. The summed E-state index contributed by atoms with van der Waals surface area (Å²) in [5.41, 5.74) is 0.874. The van der Waals surface area contributed by atoms with Crippen LogP contribution in [0.3, 0.4) is 0 Å². The van der Waals surface area contributed by atoms with E-state index < -0.39 is 5.60 Å². The highest BCUT2D eigenvalue weighted by molar-refractivity contribution is 9.10. The molecule has 1 rings (SSSR count). The summed E-state index contributed by atoms with van der Waals surface area (Å²) in [6.07, 6.45) is 0. The minimum Gasteiger partial charge on any atom is -0.507 e. The van der Waals surface area contributed by atoms with E-state index in [0.29, 0.717) is 25.4 Å². The molecule has 0 saturated heterocycles. The first-order valence-corrected chi connectivity index (χ1v) is 7.06. The molecular formula is C14H23BrN2O2. The second kappa shape index (κ2) is 6.70. The Labute approximate surface area is 123 Å². The van der Waals surface area contributed by atoms with Crippen LogP contribution in [-0.2, 0) is 6.54 Å². The van der Waals surface area contributed by atoms with E-state index in [1.165, 1.54) is 0 Å². The van der Waals surface area contributed by atoms with Gasteiger partial charge in [-0.05, 0) is 45.6 Å². The number of phenolic OH excluding ortho intramolecular Hbond substituents is 1. The lowest BCUT2D eigenvalue weighted by Gasteiger charge is -2.27. The number of phenols is 1. The van der Waals surface area contributed by atoms with Crippen LogP contribution < -0.4 is 5.32 Å². The normalized spacial score (nSPS) is 14.7. The number of nitrogens with zero attached hydrogens (tertiary/aromatic N) is 1. The SMILES string of the molecule is Cc1cc(Br)cc(CNCC(C)(O)CN(C)C)c1O. The Bertz CT molecular complexity index is 434. The Morgan fingerprint density at radius 2 is 2.00 bits per heavy atom. The fourth-order valence-electron chi connectivity index (χ4n) is 2.14. The van der Waals surface area contributed by atoms with Crippen molar-refractivity contribution in [2.45, 2.75) is 26.0 Å². The maximum absolute atomic E-state index is 10.2. The number of nitrogens with one attached hydrogen (secondary N) is 1. The number of aryl methyl sites for hydroxylation is 1. The van der Waals surface area contributed by atoms with Crippen molar-refractivity contribution in [3.05, 3.63) is 27.7 Å². The van der Waals surface area contributed by atoms with Crippen molar-refractivity contribution in [1.29, 1.82) is 0 Å². The van der Waals surface area contributed by atoms with Gasteiger partial charge in [0.05, 0.1) is 5.60 Å². The maximum Gasteiger partial charge on any atom is 0.123 e. The summed E-state index contributed by atoms with van der Waals surface area (Å²) in [7, 11) is 3.86. The van der Waals surface area contributed by atoms with Crippen LogP contribution in [-0.4, -0.2) is 47.9 Å². The van der Waals surface area contributed by atoms with Crippen molar-refractivity contribution in [2.24, 2.45) is 0 Å². The Morgan fingerprint density at radius 1 is 1.37 bits per heavy atom. The highest BCUT2D eigenvalue weighted by Crippen LogP contribution is 2.26. The van der Waals surface area contributed by atoms with Gasteiger partial charge in [0.1, 0.15) is 5.75 Å². The monoisotopic (exact) mass is 330 g/mol. The number of halogens is 1. The van der Waals surface area contributed by atoms with Gasteiger partial charge >= 0.3 is 0 Å². The molecule has 0 aliphatic heterocycles. The first-order chi connectivity index (χ1) is 8.71. The van der Waals surface area contributed by atoms with Crippen molar-refractivity contribution < 1.29 is 10.2 Å². The van der Waals surface area contributed by atoms with Gasteiger partial charge < -0.3 is 20.4 Å². The van der Waals surface area contributed by atoms with Crippen LogP contribution in [0.5, 0.6) is 5.75 Å². The molecule has 0 heterocycles. The average molecular weight is 331 g/mol. The standard InChI is InChI=1S/C14H23BrN2O2/c1-10-5-12(15)6-11(13(10)18)7-16-8-14(2,19)9-17(3)4/h5-6,16,18-19H,7-9H2,1-4H3. The molecule has 3 N–H and O–H groups in total. The second-order valence-electron chi connectivity index (χ2n) is 5.57. The van der Waals surface area contributed by atoms with Gasteiger partial charge in [0.2, 0.25) is 0 Å². The molecule has 0 aromatic heterocycles. The average Bonchev–Trinajstić information content (AvgIpc) is 2.22. The van der Waals surface area contributed by atoms with Crippen LogP contribution >= 0.6 is 15.9 Å². The number of aromatic hydroxyl groups is 1. The Hall–Kier alpha value is -0.620. The Morgan fingerprint density at radius 3 is 2.58 bits per heavy atom. The van der Waals surface area contributed by atoms with Crippen LogP contribution in [0.2, 0.25) is 0 Å². The molecule has 0 radical (unpaired) electrons. The van der Waals surface area contributed by atoms with Gasteiger partial charge in [-0.15, -0.1) is 0 Å². The topological polar surface area (TPSA) is 55.7 Å². The zero-order chi connectivity index (χ0) is 14.6. The van der Waals surface area contributed by atoms with E-state index in [0.717, 1.165) is 15.6 Å². The molecule has 5 heteroatoms. The highest BCUT2D eigenvalue weighted by atomic mass is 79.9. The number of hydrogen-bond acceptors (Lipinski definition) is 4. The van der Waals surface area contributed by atoms with E-state index in [-0.39, 0.29) is 0 Å². The number of rotatable bonds is 6. The van der Waals surface area contributed by atoms with Crippen molar-refractivity contribution >= 4 is 15.9 Å². The largest absolute Gasteiger partial charge is 0.507 e. The van der Waals surface area contributed by atoms with Crippen LogP contribution in [0.25, 0.3) is 0 Å². The van der Waals surface area contributed by atoms with Gasteiger partial charge in [-0.3, -0.25) is 0 Å². The molecule has 108 valence electrons. The van der Waals surface area contributed by atoms with Crippen molar-refractivity contribution in [1.82, 2.24) is 10.2 Å². The van der Waals surface area contributed by atoms with E-state index in [1.807, 2.05) is 38.1 Å². The summed E-state index contributed by atoms with van der Waals surface area (Å²) in [6.45, 7) is 5.24. The third kappa shape index (κ3) is 5.48. The zero-order valence-electron chi connectivity index (χ0n) is 12.0. The molecule has 0 spiro atoms. The maximum atomic E-state index is 10.2. The lowest BCUT2D eigenvalue weighted by molar-refractivity contribution is 0.0335. The molecule has 1 atom stereocenters. The number of likely N-dealkylation sites (N-methyl/N-ethyl adjacent to an activating group) is 1. The number of hydrogen-bond donors (Lipinski definition) is 3. The molecule has 0 aliphatic rings. The van der Waals surface area contributed by atoms with Gasteiger partial charge in [0.25, 0.3) is 0 Å². The third-order valence-corrected chi connectivity index (χ3v) is 3.28. The molecule has 0 bridgehead atoms. The van der Waals surface area contributed by atoms with E-state index >= 15 is 0 Å². The molecule has 19 heavy (non-hydrogen) atoms. The molecule has 1 aromatic carbocycles. The lowest BCUT2D eigenvalue weighted by atomic mass is 10.1. The molecule has 0 aliphatic carbocycles. The van der Waals surface area contributed by atoms with E-state index in [4.69, 9.17) is 0 Å². The third-order valence-electron chi connectivity index (χ3n) is 2.82. The van der Waals surface area contributed by atoms with Crippen LogP contribution in [0.15, 0.2) is 16.6 Å². The summed E-state index contributed by atoms with van der Waals surface area (Å²) < 4.78 is 0.944. The van der Waals surface area contributed by atoms with Gasteiger partial charge in [-0.2, -0.15) is 0 Å². The molecule has 1 aromatic rings. The van der Waals surface area contributed by atoms with Crippen LogP contribution in [0.1, 0.15) is 18.1 Å². The van der Waals surface area contributed by atoms with Gasteiger partial charge in [-0.1, -0.05) is 15.9 Å². The number of benzene rings is 1. The predicted molar refractivity (Wildman–Crippen MR) is 81.4 cm³/mol. The highest BCUT2D eigenvalue weighted by Gasteiger charge is 2.20. The first-order valence-electron chi connectivity index (χ1n) is 6.27. The summed E-state index contributed by atoms with van der Waals surface area (Å²) in [4.78, 5) is 1.95. The quantitative estimate of drug-likeness (QED) is 0.745. The first kappa shape index (κ1) is 16.4. The van der Waals surface area contributed by atoms with Crippen LogP contribution in [0, 0.1) is 6.92 Å². The van der Waals surface area contributed by atoms with Gasteiger partial charge in [0, 0.05) is 29.7 Å². The smallest absolute Gasteiger partial charge is 0.123 e. The van der Waals surface area contributed by atoms with Gasteiger partial charge in [-0.25, -0.2) is 0 Å². The molecule has 1 unspecified atom stereocenters. The summed E-state index contributed by atoms with van der Waals surface area (Å²) >= 11 is 3.42. The molecule has 0 saturated carbocycles. The van der Waals surface area contributed by atoms with E-state index in [1.54, 1.807) is 6.92 Å². The number of aliphatic hydroxyl groups is 1. The fourth-order valence-corrected chi connectivity index (χ4v) is 2.76. The van der Waals surface area contributed by atoms with Crippen molar-refractivity contribution in [3.8, 4) is 5.75 Å². The fraction of sp³-hybridized carbons (Fsp3) is 0.571. The summed E-state index contributed by atoms with van der Waals surface area (Å²) in [5, 5.41) is 23.3. The summed E-state index contributed by atoms with van der Waals surface area (Å²) in [6, 6.07) is 3.76. The second-order valence-corrected chi connectivity index (χ2v) is 6.48. The van der Waals surface area contributed by atoms with Gasteiger partial charge in [0.15, 0.2) is 0 Å². The van der Waals surface area contributed by atoms with E-state index in [2.05, 4.69) is 21.2 Å². The molecule has 0 amide bonds. The minimum atomic E-state index is -0.791. The Balaban J connectivity index is 2.58. The lowest BCUT2D eigenvalue weighted by Crippen LogP contribution is -2.45. The van der Waals surface area contributed by atoms with E-state index in [9.17, 15) is 10.2 Å². The molecule has 0 fully saturated rings. The van der Waals surface area contributed by atoms with Crippen LogP contribution in [0.4, 0.5) is 0 Å². The van der Waals surface area contributed by atoms with Crippen molar-refractivity contribution in [3.63, 3.8) is 0 Å².